The van der Waals surface area contributed by atoms with E-state index in [0.29, 0.717) is 0 Å². The third kappa shape index (κ3) is 4.27. The maximum absolute atomic E-state index is 13.8. The van der Waals surface area contributed by atoms with Gasteiger partial charge in [-0.05, 0) is 39.5 Å². The van der Waals surface area contributed by atoms with Crippen molar-refractivity contribution < 1.29 is 4.39 Å². The normalized spacial score (nSPS) is 19.0. The second-order valence-electron chi connectivity index (χ2n) is 5.62. The van der Waals surface area contributed by atoms with E-state index in [1.807, 2.05) is 12.1 Å². The standard InChI is InChI=1S/C16H26FN3/c1-14(15-6-3-4-7-16(15)17)19(2)12-13-20-10-5-8-18-9-11-20/h3-4,6-7,14,18H,5,8-13H2,1-2H3. The van der Waals surface area contributed by atoms with Gasteiger partial charge in [-0.25, -0.2) is 4.39 Å². The monoisotopic (exact) mass is 279 g/mol. The lowest BCUT2D eigenvalue weighted by atomic mass is 10.1. The zero-order valence-corrected chi connectivity index (χ0v) is 12.6. The summed E-state index contributed by atoms with van der Waals surface area (Å²) in [6.45, 7) is 8.57. The average molecular weight is 279 g/mol. The molecular formula is C16H26FN3. The van der Waals surface area contributed by atoms with Crippen LogP contribution in [-0.2, 0) is 0 Å². The summed E-state index contributed by atoms with van der Waals surface area (Å²) in [5, 5.41) is 3.42. The molecule has 1 aromatic rings. The second kappa shape index (κ2) is 7.72. The molecule has 4 heteroatoms. The number of hydrogen-bond acceptors (Lipinski definition) is 3. The van der Waals surface area contributed by atoms with Gasteiger partial charge in [-0.15, -0.1) is 0 Å². The predicted molar refractivity (Wildman–Crippen MR) is 81.4 cm³/mol. The number of likely N-dealkylation sites (N-methyl/N-ethyl adjacent to an activating group) is 1. The third-order valence-corrected chi connectivity index (χ3v) is 4.22. The van der Waals surface area contributed by atoms with Gasteiger partial charge in [-0.1, -0.05) is 18.2 Å². The van der Waals surface area contributed by atoms with Crippen LogP contribution in [0.15, 0.2) is 24.3 Å². The Hall–Kier alpha value is -0.970. The van der Waals surface area contributed by atoms with Gasteiger partial charge < -0.3 is 10.2 Å². The summed E-state index contributed by atoms with van der Waals surface area (Å²) in [4.78, 5) is 4.72. The Balaban J connectivity index is 1.84. The fourth-order valence-corrected chi connectivity index (χ4v) is 2.67. The Kier molecular flexibility index (Phi) is 5.95. The highest BCUT2D eigenvalue weighted by molar-refractivity contribution is 5.20. The summed E-state index contributed by atoms with van der Waals surface area (Å²) in [6, 6.07) is 7.19. The fraction of sp³-hybridized carbons (Fsp3) is 0.625. The van der Waals surface area contributed by atoms with Gasteiger partial charge in [0.15, 0.2) is 0 Å². The highest BCUT2D eigenvalue weighted by atomic mass is 19.1. The number of benzene rings is 1. The average Bonchev–Trinajstić information content (AvgIpc) is 2.73. The minimum absolute atomic E-state index is 0.106. The van der Waals surface area contributed by atoms with Gasteiger partial charge in [0.2, 0.25) is 0 Å². The molecule has 1 aliphatic heterocycles. The minimum atomic E-state index is -0.106. The van der Waals surface area contributed by atoms with E-state index >= 15 is 0 Å². The van der Waals surface area contributed by atoms with E-state index in [9.17, 15) is 4.39 Å². The van der Waals surface area contributed by atoms with Crippen LogP contribution < -0.4 is 5.32 Å². The quantitative estimate of drug-likeness (QED) is 0.890. The number of halogens is 1. The van der Waals surface area contributed by atoms with E-state index in [1.165, 1.54) is 6.42 Å². The predicted octanol–water partition coefficient (Wildman–Crippen LogP) is 2.11. The van der Waals surface area contributed by atoms with Crippen molar-refractivity contribution in [2.75, 3.05) is 46.3 Å². The van der Waals surface area contributed by atoms with Crippen LogP contribution in [0.4, 0.5) is 4.39 Å². The lowest BCUT2D eigenvalue weighted by molar-refractivity contribution is 0.200. The van der Waals surface area contributed by atoms with Crippen molar-refractivity contribution in [1.29, 1.82) is 0 Å². The van der Waals surface area contributed by atoms with Crippen molar-refractivity contribution in [3.05, 3.63) is 35.6 Å². The van der Waals surface area contributed by atoms with Gasteiger partial charge in [0.25, 0.3) is 0 Å². The van der Waals surface area contributed by atoms with Crippen molar-refractivity contribution >= 4 is 0 Å². The molecule has 112 valence electrons. The Labute approximate surface area is 121 Å². The van der Waals surface area contributed by atoms with Crippen molar-refractivity contribution in [3.63, 3.8) is 0 Å². The van der Waals surface area contributed by atoms with Crippen LogP contribution in [-0.4, -0.2) is 56.1 Å². The maximum atomic E-state index is 13.8. The molecule has 1 heterocycles. The molecule has 2 rings (SSSR count). The van der Waals surface area contributed by atoms with Gasteiger partial charge in [0.05, 0.1) is 0 Å². The number of nitrogens with one attached hydrogen (secondary N) is 1. The van der Waals surface area contributed by atoms with E-state index < -0.39 is 0 Å². The van der Waals surface area contributed by atoms with Gasteiger partial charge in [0, 0.05) is 37.8 Å². The molecule has 3 nitrogen and oxygen atoms in total. The number of rotatable bonds is 5. The minimum Gasteiger partial charge on any atom is -0.315 e. The molecule has 0 amide bonds. The highest BCUT2D eigenvalue weighted by Crippen LogP contribution is 2.21. The molecule has 1 atom stereocenters. The Morgan fingerprint density at radius 1 is 1.30 bits per heavy atom. The maximum Gasteiger partial charge on any atom is 0.127 e. The molecule has 1 saturated heterocycles. The van der Waals surface area contributed by atoms with Crippen molar-refractivity contribution in [2.45, 2.75) is 19.4 Å². The summed E-state index contributed by atoms with van der Waals surface area (Å²) < 4.78 is 13.8. The van der Waals surface area contributed by atoms with E-state index in [-0.39, 0.29) is 11.9 Å². The van der Waals surface area contributed by atoms with Crippen molar-refractivity contribution in [1.82, 2.24) is 15.1 Å². The first-order valence-electron chi connectivity index (χ1n) is 7.56. The van der Waals surface area contributed by atoms with Crippen LogP contribution in [0, 0.1) is 5.82 Å². The zero-order valence-electron chi connectivity index (χ0n) is 12.6. The summed E-state index contributed by atoms with van der Waals surface area (Å²) in [6.07, 6.45) is 1.21. The molecule has 0 saturated carbocycles. The van der Waals surface area contributed by atoms with Crippen LogP contribution in [0.25, 0.3) is 0 Å². The Morgan fingerprint density at radius 3 is 2.90 bits per heavy atom. The molecule has 0 radical (unpaired) electrons. The molecule has 0 aromatic heterocycles. The number of hydrogen-bond donors (Lipinski definition) is 1. The van der Waals surface area contributed by atoms with Gasteiger partial charge in [-0.2, -0.15) is 0 Å². The summed E-state index contributed by atoms with van der Waals surface area (Å²) in [5.74, 6) is -0.106. The zero-order chi connectivity index (χ0) is 14.4. The smallest absolute Gasteiger partial charge is 0.127 e. The molecule has 1 aliphatic rings. The molecule has 1 aromatic carbocycles. The SMILES string of the molecule is CC(c1ccccc1F)N(C)CCN1CCCNCC1. The van der Waals surface area contributed by atoms with Crippen molar-refractivity contribution in [3.8, 4) is 0 Å². The first-order chi connectivity index (χ1) is 9.68. The molecule has 0 bridgehead atoms. The molecule has 1 N–H and O–H groups in total. The first kappa shape index (κ1) is 15.4. The van der Waals surface area contributed by atoms with Gasteiger partial charge >= 0.3 is 0 Å². The number of nitrogens with zero attached hydrogens (tertiary/aromatic N) is 2. The van der Waals surface area contributed by atoms with Gasteiger partial charge in [0.1, 0.15) is 5.82 Å². The molecule has 0 spiro atoms. The van der Waals surface area contributed by atoms with Crippen LogP contribution in [0.3, 0.4) is 0 Å². The van der Waals surface area contributed by atoms with Crippen LogP contribution in [0.5, 0.6) is 0 Å². The highest BCUT2D eigenvalue weighted by Gasteiger charge is 2.16. The topological polar surface area (TPSA) is 18.5 Å². The molecule has 0 aliphatic carbocycles. The lowest BCUT2D eigenvalue weighted by Crippen LogP contribution is -2.36. The van der Waals surface area contributed by atoms with Crippen LogP contribution in [0.1, 0.15) is 24.9 Å². The fourth-order valence-electron chi connectivity index (χ4n) is 2.67. The third-order valence-electron chi connectivity index (χ3n) is 4.22. The largest absolute Gasteiger partial charge is 0.315 e. The Bertz CT molecular complexity index is 402. The molecule has 1 unspecified atom stereocenters. The summed E-state index contributed by atoms with van der Waals surface area (Å²) in [5.41, 5.74) is 0.785. The Morgan fingerprint density at radius 2 is 2.10 bits per heavy atom. The van der Waals surface area contributed by atoms with E-state index in [0.717, 1.165) is 44.8 Å². The van der Waals surface area contributed by atoms with Crippen molar-refractivity contribution in [2.24, 2.45) is 0 Å². The summed E-state index contributed by atoms with van der Waals surface area (Å²) >= 11 is 0. The second-order valence-corrected chi connectivity index (χ2v) is 5.62. The molecular weight excluding hydrogens is 253 g/mol. The van der Waals surface area contributed by atoms with E-state index in [2.05, 4.69) is 29.1 Å². The molecule has 1 fully saturated rings. The first-order valence-corrected chi connectivity index (χ1v) is 7.56. The lowest BCUT2D eigenvalue weighted by Gasteiger charge is -2.28. The van der Waals surface area contributed by atoms with E-state index in [1.54, 1.807) is 12.1 Å². The molecule has 20 heavy (non-hydrogen) atoms. The van der Waals surface area contributed by atoms with Gasteiger partial charge in [-0.3, -0.25) is 4.90 Å². The van der Waals surface area contributed by atoms with Crippen LogP contribution >= 0.6 is 0 Å². The van der Waals surface area contributed by atoms with E-state index in [4.69, 9.17) is 0 Å². The summed E-state index contributed by atoms with van der Waals surface area (Å²) in [7, 11) is 2.08. The van der Waals surface area contributed by atoms with Crippen LogP contribution in [0.2, 0.25) is 0 Å².